The number of pyridine rings is 1. The fraction of sp³-hybridized carbons (Fsp3) is 0.467. The van der Waals surface area contributed by atoms with Crippen molar-refractivity contribution in [2.24, 2.45) is 0 Å². The average molecular weight is 594 g/mol. The molecule has 5 rings (SSSR count). The Balaban J connectivity index is 1.35. The fourth-order valence-corrected chi connectivity index (χ4v) is 5.70. The summed E-state index contributed by atoms with van der Waals surface area (Å²) in [6.07, 6.45) is 3.45. The van der Waals surface area contributed by atoms with E-state index in [-0.39, 0.29) is 0 Å². The third kappa shape index (κ3) is 8.33. The number of fused-ring (bicyclic) bond motifs is 1. The summed E-state index contributed by atoms with van der Waals surface area (Å²) in [5.41, 5.74) is 4.39. The Hall–Kier alpha value is -2.89. The third-order valence-corrected chi connectivity index (χ3v) is 9.24. The summed E-state index contributed by atoms with van der Waals surface area (Å²) in [6, 6.07) is 15.1. The Morgan fingerprint density at radius 3 is 2.66 bits per heavy atom. The number of anilines is 1. The summed E-state index contributed by atoms with van der Waals surface area (Å²) in [5.74, 6) is 0.585. The summed E-state index contributed by atoms with van der Waals surface area (Å²) in [5, 5.41) is 9.96. The third-order valence-electron chi connectivity index (χ3n) is 7.17. The number of aryl methyl sites for hydroxylation is 2. The molecule has 1 aliphatic heterocycles. The Kier molecular flexibility index (Phi) is 9.99. The normalized spacial score (nSPS) is 14.5. The lowest BCUT2D eigenvalue weighted by Gasteiger charge is -2.26. The number of nitrogens with zero attached hydrogens (tertiary/aromatic N) is 6. The quantitative estimate of drug-likeness (QED) is 0.163. The molecule has 0 bridgehead atoms. The molecule has 0 saturated carbocycles. The van der Waals surface area contributed by atoms with Crippen LogP contribution in [0.2, 0.25) is 30.7 Å². The number of hydrogen-bond donors (Lipinski definition) is 1. The molecule has 0 spiro atoms. The maximum Gasteiger partial charge on any atom is 0.224 e. The Bertz CT molecular complexity index is 1440. The molecule has 41 heavy (non-hydrogen) atoms. The first-order valence-corrected chi connectivity index (χ1v) is 18.5. The van der Waals surface area contributed by atoms with E-state index in [2.05, 4.69) is 40.9 Å². The van der Waals surface area contributed by atoms with Crippen LogP contribution in [0.3, 0.4) is 0 Å². The van der Waals surface area contributed by atoms with Crippen molar-refractivity contribution in [2.75, 3.05) is 51.3 Å². The van der Waals surface area contributed by atoms with Crippen molar-refractivity contribution in [3.63, 3.8) is 0 Å². The molecule has 4 heterocycles. The molecule has 1 aliphatic rings. The molecule has 11 heteroatoms. The standard InChI is InChI=1S/C30H40ClN7O2Si/c1-41(2,3)20-19-40-22-38-29-25(21-33-30(35-29)32-13-14-37-15-17-39-18-16-37)28(36-38)27-10-6-8-24(34-27)12-11-23-7-4-5-9-26(23)31/h4-10,21H,11-20,22H2,1-3H3,(H,32,33,35). The Morgan fingerprint density at radius 1 is 1.02 bits per heavy atom. The van der Waals surface area contributed by atoms with Crippen molar-refractivity contribution >= 4 is 36.7 Å². The highest BCUT2D eigenvalue weighted by Crippen LogP contribution is 2.27. The van der Waals surface area contributed by atoms with E-state index in [0.29, 0.717) is 19.3 Å². The van der Waals surface area contributed by atoms with Gasteiger partial charge in [0.25, 0.3) is 0 Å². The van der Waals surface area contributed by atoms with Gasteiger partial charge in [-0.05, 0) is 42.6 Å². The molecule has 0 amide bonds. The van der Waals surface area contributed by atoms with E-state index < -0.39 is 8.07 Å². The molecule has 1 N–H and O–H groups in total. The number of nitrogens with one attached hydrogen (secondary N) is 1. The van der Waals surface area contributed by atoms with Gasteiger partial charge in [-0.3, -0.25) is 9.88 Å². The Morgan fingerprint density at radius 2 is 1.85 bits per heavy atom. The fourth-order valence-electron chi connectivity index (χ4n) is 4.72. The van der Waals surface area contributed by atoms with Gasteiger partial charge in [0.2, 0.25) is 5.95 Å². The second-order valence-electron chi connectivity index (χ2n) is 11.6. The smallest absolute Gasteiger partial charge is 0.224 e. The highest BCUT2D eigenvalue weighted by atomic mass is 35.5. The first-order chi connectivity index (χ1) is 19.9. The summed E-state index contributed by atoms with van der Waals surface area (Å²) in [6.45, 7) is 13.3. The second-order valence-corrected chi connectivity index (χ2v) is 17.6. The zero-order valence-electron chi connectivity index (χ0n) is 24.3. The highest BCUT2D eigenvalue weighted by Gasteiger charge is 2.18. The molecule has 0 atom stereocenters. The molecule has 0 radical (unpaired) electrons. The van der Waals surface area contributed by atoms with Crippen LogP contribution in [0.4, 0.5) is 5.95 Å². The van der Waals surface area contributed by atoms with E-state index in [9.17, 15) is 0 Å². The predicted octanol–water partition coefficient (Wildman–Crippen LogP) is 5.38. The number of ether oxygens (including phenoxy) is 2. The molecule has 1 aromatic carbocycles. The minimum atomic E-state index is -1.20. The molecule has 1 fully saturated rings. The molecule has 0 unspecified atom stereocenters. The summed E-state index contributed by atoms with van der Waals surface area (Å²) < 4.78 is 13.4. The SMILES string of the molecule is C[Si](C)(C)CCOCn1nc(-c2cccc(CCc3ccccc3Cl)n2)c2cnc(NCCN3CCOCC3)nc21. The van der Waals surface area contributed by atoms with Gasteiger partial charge in [-0.2, -0.15) is 10.1 Å². The molecule has 9 nitrogen and oxygen atoms in total. The van der Waals surface area contributed by atoms with E-state index in [1.807, 2.05) is 47.3 Å². The maximum absolute atomic E-state index is 6.38. The highest BCUT2D eigenvalue weighted by molar-refractivity contribution is 6.76. The van der Waals surface area contributed by atoms with Crippen molar-refractivity contribution in [3.05, 3.63) is 64.9 Å². The lowest BCUT2D eigenvalue weighted by molar-refractivity contribution is 0.0398. The first kappa shape index (κ1) is 29.6. The number of rotatable bonds is 13. The molecular weight excluding hydrogens is 554 g/mol. The number of benzene rings is 1. The van der Waals surface area contributed by atoms with Crippen molar-refractivity contribution in [3.8, 4) is 11.4 Å². The van der Waals surface area contributed by atoms with Crippen LogP contribution in [-0.4, -0.2) is 83.7 Å². The van der Waals surface area contributed by atoms with Crippen LogP contribution >= 0.6 is 11.6 Å². The molecular formula is C30H40ClN7O2Si. The minimum Gasteiger partial charge on any atom is -0.379 e. The molecule has 3 aromatic heterocycles. The van der Waals surface area contributed by atoms with Gasteiger partial charge in [0.15, 0.2) is 5.65 Å². The summed E-state index contributed by atoms with van der Waals surface area (Å²) in [4.78, 5) is 16.8. The summed E-state index contributed by atoms with van der Waals surface area (Å²) >= 11 is 6.38. The van der Waals surface area contributed by atoms with Crippen LogP contribution in [0.1, 0.15) is 11.3 Å². The largest absolute Gasteiger partial charge is 0.379 e. The van der Waals surface area contributed by atoms with Gasteiger partial charge in [0.05, 0.1) is 24.3 Å². The number of hydrogen-bond acceptors (Lipinski definition) is 8. The van der Waals surface area contributed by atoms with Crippen molar-refractivity contribution < 1.29 is 9.47 Å². The van der Waals surface area contributed by atoms with Gasteiger partial charge in [-0.1, -0.05) is 55.5 Å². The number of aromatic nitrogens is 5. The van der Waals surface area contributed by atoms with Gasteiger partial charge in [0, 0.05) is 57.8 Å². The maximum atomic E-state index is 6.38. The lowest BCUT2D eigenvalue weighted by atomic mass is 10.1. The molecule has 0 aliphatic carbocycles. The van der Waals surface area contributed by atoms with Crippen molar-refractivity contribution in [1.29, 1.82) is 0 Å². The van der Waals surface area contributed by atoms with Crippen LogP contribution in [0.15, 0.2) is 48.7 Å². The number of halogens is 1. The van der Waals surface area contributed by atoms with E-state index in [4.69, 9.17) is 36.1 Å². The summed E-state index contributed by atoms with van der Waals surface area (Å²) in [7, 11) is -1.20. The van der Waals surface area contributed by atoms with E-state index >= 15 is 0 Å². The second kappa shape index (κ2) is 13.8. The van der Waals surface area contributed by atoms with Gasteiger partial charge in [-0.15, -0.1) is 0 Å². The average Bonchev–Trinajstić information content (AvgIpc) is 3.33. The minimum absolute atomic E-state index is 0.331. The molecule has 218 valence electrons. The molecule has 4 aromatic rings. The zero-order valence-corrected chi connectivity index (χ0v) is 26.0. The number of morpholine rings is 1. The van der Waals surface area contributed by atoms with E-state index in [1.54, 1.807) is 0 Å². The van der Waals surface area contributed by atoms with Gasteiger partial charge in [-0.25, -0.2) is 9.67 Å². The zero-order chi connectivity index (χ0) is 28.7. The van der Waals surface area contributed by atoms with Gasteiger partial charge < -0.3 is 14.8 Å². The van der Waals surface area contributed by atoms with Crippen LogP contribution in [-0.2, 0) is 29.0 Å². The topological polar surface area (TPSA) is 90.2 Å². The van der Waals surface area contributed by atoms with Crippen molar-refractivity contribution in [2.45, 2.75) is 45.3 Å². The van der Waals surface area contributed by atoms with Crippen LogP contribution in [0.25, 0.3) is 22.4 Å². The van der Waals surface area contributed by atoms with Crippen LogP contribution < -0.4 is 5.32 Å². The van der Waals surface area contributed by atoms with Gasteiger partial charge in [0.1, 0.15) is 12.4 Å². The van der Waals surface area contributed by atoms with Gasteiger partial charge >= 0.3 is 0 Å². The van der Waals surface area contributed by atoms with Crippen molar-refractivity contribution in [1.82, 2.24) is 29.6 Å². The van der Waals surface area contributed by atoms with E-state index in [1.165, 1.54) is 0 Å². The van der Waals surface area contributed by atoms with Crippen LogP contribution in [0.5, 0.6) is 0 Å². The first-order valence-electron chi connectivity index (χ1n) is 14.4. The van der Waals surface area contributed by atoms with Crippen LogP contribution in [0, 0.1) is 0 Å². The molecule has 1 saturated heterocycles. The van der Waals surface area contributed by atoms with E-state index in [0.717, 1.165) is 97.0 Å². The lowest BCUT2D eigenvalue weighted by Crippen LogP contribution is -2.39. The predicted molar refractivity (Wildman–Crippen MR) is 167 cm³/mol. The Labute approximate surface area is 248 Å². The monoisotopic (exact) mass is 593 g/mol.